The lowest BCUT2D eigenvalue weighted by Crippen LogP contribution is -2.42. The highest BCUT2D eigenvalue weighted by atomic mass is 16.4. The van der Waals surface area contributed by atoms with E-state index in [1.54, 1.807) is 6.92 Å². The Balaban J connectivity index is 2.80. The number of rotatable bonds is 6. The van der Waals surface area contributed by atoms with Crippen LogP contribution in [0.2, 0.25) is 0 Å². The van der Waals surface area contributed by atoms with Crippen molar-refractivity contribution < 1.29 is 14.7 Å². The zero-order valence-electron chi connectivity index (χ0n) is 12.3. The van der Waals surface area contributed by atoms with Gasteiger partial charge in [-0.1, -0.05) is 18.2 Å². The number of urea groups is 1. The molecule has 0 spiro atoms. The number of benzene rings is 1. The average molecular weight is 288 g/mol. The van der Waals surface area contributed by atoms with Gasteiger partial charge in [0, 0.05) is 25.2 Å². The van der Waals surface area contributed by atoms with E-state index in [0.29, 0.717) is 13.0 Å². The molecule has 0 unspecified atom stereocenters. The van der Waals surface area contributed by atoms with E-state index in [4.69, 9.17) is 5.11 Å². The van der Waals surface area contributed by atoms with Crippen molar-refractivity contribution in [2.24, 2.45) is 0 Å². The molecule has 0 saturated carbocycles. The van der Waals surface area contributed by atoms with Crippen molar-refractivity contribution in [2.45, 2.75) is 26.7 Å². The Morgan fingerprint density at radius 3 is 2.67 bits per heavy atom. The normalized spacial score (nSPS) is 9.43. The number of anilines is 1. The summed E-state index contributed by atoms with van der Waals surface area (Å²) in [6.07, 6.45) is 0.472. The van der Waals surface area contributed by atoms with Crippen molar-refractivity contribution in [1.29, 1.82) is 0 Å². The predicted octanol–water partition coefficient (Wildman–Crippen LogP) is 2.40. The van der Waals surface area contributed by atoms with Crippen LogP contribution in [0.1, 0.15) is 25.3 Å². The minimum Gasteiger partial charge on any atom is -0.481 e. The lowest BCUT2D eigenvalue weighted by Gasteiger charge is -2.24. The third kappa shape index (κ3) is 5.57. The molecule has 0 atom stereocenters. The van der Waals surface area contributed by atoms with Crippen LogP contribution in [-0.4, -0.2) is 30.2 Å². The topological polar surface area (TPSA) is 69.6 Å². The standard InChI is InChI=1S/C16H20N2O3/c1-3-4-7-11-17-16(21)18(12-10-15(19)20)14-9-6-5-8-13(14)2/h5-6,8-9H,7,10-12H2,1-2H3,(H,17,21)(H,19,20). The number of aryl methyl sites for hydroxylation is 1. The summed E-state index contributed by atoms with van der Waals surface area (Å²) in [6.45, 7) is 4.20. The molecule has 5 nitrogen and oxygen atoms in total. The van der Waals surface area contributed by atoms with E-state index in [9.17, 15) is 9.59 Å². The van der Waals surface area contributed by atoms with E-state index in [1.165, 1.54) is 4.90 Å². The largest absolute Gasteiger partial charge is 0.481 e. The Morgan fingerprint density at radius 1 is 1.33 bits per heavy atom. The molecule has 112 valence electrons. The smallest absolute Gasteiger partial charge is 0.321 e. The molecular weight excluding hydrogens is 268 g/mol. The van der Waals surface area contributed by atoms with Gasteiger partial charge < -0.3 is 10.4 Å². The van der Waals surface area contributed by atoms with Crippen molar-refractivity contribution in [3.8, 4) is 11.8 Å². The van der Waals surface area contributed by atoms with E-state index in [0.717, 1.165) is 11.3 Å². The number of nitrogens with zero attached hydrogens (tertiary/aromatic N) is 1. The molecule has 0 aliphatic heterocycles. The van der Waals surface area contributed by atoms with Gasteiger partial charge in [0.1, 0.15) is 0 Å². The van der Waals surface area contributed by atoms with Crippen LogP contribution >= 0.6 is 0 Å². The highest BCUT2D eigenvalue weighted by Crippen LogP contribution is 2.19. The predicted molar refractivity (Wildman–Crippen MR) is 82.2 cm³/mol. The van der Waals surface area contributed by atoms with Gasteiger partial charge >= 0.3 is 12.0 Å². The summed E-state index contributed by atoms with van der Waals surface area (Å²) in [5.74, 6) is 4.69. The van der Waals surface area contributed by atoms with Crippen molar-refractivity contribution >= 4 is 17.7 Å². The monoisotopic (exact) mass is 288 g/mol. The molecule has 0 bridgehead atoms. The van der Waals surface area contributed by atoms with E-state index in [1.807, 2.05) is 31.2 Å². The van der Waals surface area contributed by atoms with Crippen LogP contribution in [0.5, 0.6) is 0 Å². The van der Waals surface area contributed by atoms with E-state index in [2.05, 4.69) is 17.2 Å². The SMILES string of the molecule is CC#CCCNC(=O)N(CCC(=O)O)c1ccccc1C. The third-order valence-corrected chi connectivity index (χ3v) is 2.90. The van der Waals surface area contributed by atoms with Crippen LogP contribution in [0.4, 0.5) is 10.5 Å². The van der Waals surface area contributed by atoms with E-state index in [-0.39, 0.29) is 19.0 Å². The molecule has 0 aliphatic rings. The summed E-state index contributed by atoms with van der Waals surface area (Å²) in [7, 11) is 0. The average Bonchev–Trinajstić information content (AvgIpc) is 2.45. The zero-order chi connectivity index (χ0) is 15.7. The summed E-state index contributed by atoms with van der Waals surface area (Å²) < 4.78 is 0. The van der Waals surface area contributed by atoms with Crippen LogP contribution in [0, 0.1) is 18.8 Å². The van der Waals surface area contributed by atoms with Gasteiger partial charge in [0.15, 0.2) is 0 Å². The number of aliphatic carboxylic acids is 1. The Kier molecular flexibility index (Phi) is 6.82. The van der Waals surface area contributed by atoms with Crippen LogP contribution < -0.4 is 10.2 Å². The number of hydrogen-bond donors (Lipinski definition) is 2. The Morgan fingerprint density at radius 2 is 2.05 bits per heavy atom. The maximum atomic E-state index is 12.2. The van der Waals surface area contributed by atoms with Gasteiger partial charge in [-0.25, -0.2) is 4.79 Å². The molecule has 2 N–H and O–H groups in total. The highest BCUT2D eigenvalue weighted by Gasteiger charge is 2.17. The number of carboxylic acid groups (broad SMARTS) is 1. The van der Waals surface area contributed by atoms with Crippen LogP contribution in [0.15, 0.2) is 24.3 Å². The number of nitrogens with one attached hydrogen (secondary N) is 1. The van der Waals surface area contributed by atoms with Crippen LogP contribution in [-0.2, 0) is 4.79 Å². The first-order valence-electron chi connectivity index (χ1n) is 6.78. The number of carbonyl (C=O) groups excluding carboxylic acids is 1. The number of carboxylic acids is 1. The molecule has 0 heterocycles. The fourth-order valence-electron chi connectivity index (χ4n) is 1.86. The molecule has 1 aromatic rings. The first-order chi connectivity index (χ1) is 10.1. The molecule has 0 aromatic heterocycles. The van der Waals surface area contributed by atoms with Crippen molar-refractivity contribution in [1.82, 2.24) is 5.32 Å². The summed E-state index contributed by atoms with van der Waals surface area (Å²) in [5, 5.41) is 11.6. The second-order valence-corrected chi connectivity index (χ2v) is 4.49. The molecule has 0 saturated heterocycles. The van der Waals surface area contributed by atoms with Gasteiger partial charge in [0.05, 0.1) is 6.42 Å². The molecule has 5 heteroatoms. The molecule has 1 aromatic carbocycles. The van der Waals surface area contributed by atoms with Gasteiger partial charge in [0.2, 0.25) is 0 Å². The quantitative estimate of drug-likeness (QED) is 0.624. The van der Waals surface area contributed by atoms with E-state index >= 15 is 0 Å². The summed E-state index contributed by atoms with van der Waals surface area (Å²) in [5.41, 5.74) is 1.64. The fourth-order valence-corrected chi connectivity index (χ4v) is 1.86. The fraction of sp³-hybridized carbons (Fsp3) is 0.375. The molecule has 0 aliphatic carbocycles. The van der Waals surface area contributed by atoms with Gasteiger partial charge in [-0.2, -0.15) is 0 Å². The zero-order valence-corrected chi connectivity index (χ0v) is 12.3. The molecular formula is C16H20N2O3. The molecule has 21 heavy (non-hydrogen) atoms. The number of carbonyl (C=O) groups is 2. The van der Waals surface area contributed by atoms with Gasteiger partial charge in [-0.05, 0) is 25.5 Å². The summed E-state index contributed by atoms with van der Waals surface area (Å²) in [6, 6.07) is 7.10. The number of para-hydroxylation sites is 1. The Hall–Kier alpha value is -2.48. The number of amides is 2. The summed E-state index contributed by atoms with van der Waals surface area (Å²) in [4.78, 5) is 24.5. The Bertz CT molecular complexity index is 558. The van der Waals surface area contributed by atoms with Gasteiger partial charge in [-0.15, -0.1) is 11.8 Å². The molecule has 2 amide bonds. The van der Waals surface area contributed by atoms with Crippen molar-refractivity contribution in [3.05, 3.63) is 29.8 Å². The first-order valence-corrected chi connectivity index (χ1v) is 6.78. The number of hydrogen-bond acceptors (Lipinski definition) is 2. The maximum Gasteiger partial charge on any atom is 0.321 e. The first kappa shape index (κ1) is 16.6. The molecule has 1 rings (SSSR count). The lowest BCUT2D eigenvalue weighted by atomic mass is 10.2. The molecule has 0 radical (unpaired) electrons. The minimum atomic E-state index is -0.932. The Labute approximate surface area is 125 Å². The maximum absolute atomic E-state index is 12.2. The summed E-state index contributed by atoms with van der Waals surface area (Å²) >= 11 is 0. The van der Waals surface area contributed by atoms with Crippen molar-refractivity contribution in [3.63, 3.8) is 0 Å². The van der Waals surface area contributed by atoms with Gasteiger partial charge in [0.25, 0.3) is 0 Å². The molecule has 0 fully saturated rings. The second kappa shape index (κ2) is 8.64. The lowest BCUT2D eigenvalue weighted by molar-refractivity contribution is -0.136. The second-order valence-electron chi connectivity index (χ2n) is 4.49. The van der Waals surface area contributed by atoms with Crippen LogP contribution in [0.3, 0.4) is 0 Å². The van der Waals surface area contributed by atoms with Gasteiger partial charge in [-0.3, -0.25) is 9.69 Å². The van der Waals surface area contributed by atoms with Crippen molar-refractivity contribution in [2.75, 3.05) is 18.0 Å². The minimum absolute atomic E-state index is 0.101. The van der Waals surface area contributed by atoms with E-state index < -0.39 is 5.97 Å². The van der Waals surface area contributed by atoms with Crippen LogP contribution in [0.25, 0.3) is 0 Å². The third-order valence-electron chi connectivity index (χ3n) is 2.90. The highest BCUT2D eigenvalue weighted by molar-refractivity contribution is 5.93.